The maximum absolute atomic E-state index is 14.3. The van der Waals surface area contributed by atoms with Crippen molar-refractivity contribution in [2.75, 3.05) is 96.8 Å². The molecule has 20 rings (SSSR count). The summed E-state index contributed by atoms with van der Waals surface area (Å²) < 4.78 is 343. The zero-order chi connectivity index (χ0) is 130. The molecule has 0 aliphatic heterocycles. The molecule has 8 aliphatic carbocycles. The van der Waals surface area contributed by atoms with Gasteiger partial charge in [-0.15, -0.1) is 20.4 Å². The number of aliphatic hydroxyl groups is 12. The first-order chi connectivity index (χ1) is 80.8. The quantitative estimate of drug-likeness (QED) is 0.00969. The first-order valence-electron chi connectivity index (χ1n) is 61.0. The summed E-state index contributed by atoms with van der Waals surface area (Å²) in [5.41, 5.74) is -8.15. The van der Waals surface area contributed by atoms with Gasteiger partial charge in [-0.1, -0.05) is 144 Å². The predicted octanol–water partition coefficient (Wildman–Crippen LogP) is 8.73. The molecule has 4 aromatic carbocycles. The molecule has 8 aromatic heterocycles. The fourth-order valence-corrected chi connectivity index (χ4v) is 18.7. The summed E-state index contributed by atoms with van der Waals surface area (Å²) in [6, 6.07) is 5.86. The highest BCUT2D eigenvalue weighted by Gasteiger charge is 2.51. The summed E-state index contributed by atoms with van der Waals surface area (Å²) >= 11 is 1.42. The van der Waals surface area contributed by atoms with E-state index in [-0.39, 0.29) is 175 Å². The molecule has 0 spiro atoms. The van der Waals surface area contributed by atoms with Crippen molar-refractivity contribution in [2.24, 2.45) is 0 Å². The number of nitrogens with zero attached hydrogens (tertiary/aromatic N) is 20. The van der Waals surface area contributed by atoms with Gasteiger partial charge in [-0.25, -0.2) is 76.2 Å². The molecule has 16 N–H and O–H groups in total. The van der Waals surface area contributed by atoms with Gasteiger partial charge < -0.3 is 101 Å². The van der Waals surface area contributed by atoms with E-state index < -0.39 is 256 Å². The van der Waals surface area contributed by atoms with E-state index in [1.54, 1.807) is 45.9 Å². The van der Waals surface area contributed by atoms with Crippen molar-refractivity contribution < 1.29 is 142 Å². The molecule has 0 bridgehead atoms. The summed E-state index contributed by atoms with van der Waals surface area (Å²) in [6.07, 6.45) is -27.3. The maximum Gasteiger partial charge on any atom is 0.191 e. The van der Waals surface area contributed by atoms with Crippen LogP contribution in [0.3, 0.4) is 0 Å². The summed E-state index contributed by atoms with van der Waals surface area (Å²) in [6.45, 7) is -3.55. The lowest BCUT2D eigenvalue weighted by Crippen LogP contribution is -2.33. The van der Waals surface area contributed by atoms with Gasteiger partial charge in [0.05, 0.1) is 118 Å². The first-order valence-corrected chi connectivity index (χ1v) is 48.2. The Morgan fingerprint density at radius 2 is 0.597 bits per heavy atom. The van der Waals surface area contributed by atoms with Crippen LogP contribution in [0.25, 0.3) is 44.7 Å². The highest BCUT2D eigenvalue weighted by molar-refractivity contribution is 7.99. The summed E-state index contributed by atoms with van der Waals surface area (Å²) in [4.78, 5) is 34.5. The van der Waals surface area contributed by atoms with Crippen LogP contribution in [-0.4, -0.2) is 334 Å². The van der Waals surface area contributed by atoms with Gasteiger partial charge in [0.1, 0.15) is 72.1 Å². The lowest BCUT2D eigenvalue weighted by molar-refractivity contribution is -0.0629. The second kappa shape index (κ2) is 47.3. The number of thioether (sulfide) groups is 4. The minimum absolute atomic E-state index is 0.00253. The van der Waals surface area contributed by atoms with Gasteiger partial charge >= 0.3 is 0 Å². The van der Waals surface area contributed by atoms with Crippen LogP contribution in [0, 0.1) is 51.0 Å². The topological polar surface area (TPSA) is 554 Å². The van der Waals surface area contributed by atoms with E-state index in [9.17, 15) is 73.7 Å². The Labute approximate surface area is 888 Å². The number of anilines is 4. The van der Waals surface area contributed by atoms with Crippen LogP contribution in [0.5, 0.6) is 0 Å². The lowest BCUT2D eigenvalue weighted by Gasteiger charge is -2.17. The molecule has 776 valence electrons. The molecule has 0 amide bonds. The molecular weight excluding hydrogens is 1950 g/mol. The molecule has 8 aliphatic rings. The van der Waals surface area contributed by atoms with Crippen LogP contribution in [0.2, 0.25) is 0 Å². The Balaban J connectivity index is 0.000000155. The monoisotopic (exact) mass is 2110 g/mol. The van der Waals surface area contributed by atoms with Crippen LogP contribution in [-0.2, 0) is 18.9 Å². The van der Waals surface area contributed by atoms with Crippen LogP contribution < -0.4 is 21.3 Å². The summed E-state index contributed by atoms with van der Waals surface area (Å²) in [5.74, 6) is -9.06. The van der Waals surface area contributed by atoms with E-state index in [1.165, 1.54) is 59.3 Å². The summed E-state index contributed by atoms with van der Waals surface area (Å²) in [7, 11) is 0. The average Bonchev–Trinajstić information content (AvgIpc) is 1.54. The van der Waals surface area contributed by atoms with Crippen LogP contribution in [0.1, 0.15) is 241 Å². The van der Waals surface area contributed by atoms with Crippen molar-refractivity contribution in [3.8, 4) is 0 Å². The minimum Gasteiger partial charge on any atom is -0.394 e. The number of ether oxygens (including phenoxy) is 4. The number of fused-ring (bicyclic) bond motifs is 4. The van der Waals surface area contributed by atoms with Gasteiger partial charge in [0.25, 0.3) is 0 Å². The largest absolute Gasteiger partial charge is 0.394 e. The van der Waals surface area contributed by atoms with Crippen molar-refractivity contribution in [1.82, 2.24) is 99.8 Å². The van der Waals surface area contributed by atoms with Crippen molar-refractivity contribution in [3.05, 3.63) is 141 Å². The van der Waals surface area contributed by atoms with Gasteiger partial charge in [-0.2, -0.15) is 0 Å². The highest BCUT2D eigenvalue weighted by Crippen LogP contribution is 2.50. The summed E-state index contributed by atoms with van der Waals surface area (Å²) in [5, 5.41) is 166. The van der Waals surface area contributed by atoms with Crippen LogP contribution in [0.4, 0.5) is 40.8 Å². The fraction of sp³-hybridized carbons (Fsp3) is 0.583. The van der Waals surface area contributed by atoms with Crippen molar-refractivity contribution in [2.45, 2.75) is 298 Å². The van der Waals surface area contributed by atoms with E-state index in [0.717, 1.165) is 41.7 Å². The third-order valence-corrected chi connectivity index (χ3v) is 27.4. The fourth-order valence-electron chi connectivity index (χ4n) is 16.9. The molecule has 48 heteroatoms. The van der Waals surface area contributed by atoms with Gasteiger partial charge in [-0.05, 0) is 148 Å². The smallest absolute Gasteiger partial charge is 0.191 e. The number of benzene rings is 4. The Morgan fingerprint density at radius 1 is 0.340 bits per heavy atom. The van der Waals surface area contributed by atoms with E-state index in [0.29, 0.717) is 69.3 Å². The Bertz CT molecular complexity index is 8160. The highest BCUT2D eigenvalue weighted by atomic mass is 32.2. The molecule has 144 heavy (non-hydrogen) atoms. The zero-order valence-electron chi connectivity index (χ0n) is 110. The second-order valence-electron chi connectivity index (χ2n) is 34.1. The number of halogens is 4. The van der Waals surface area contributed by atoms with E-state index in [2.05, 4.69) is 102 Å². The van der Waals surface area contributed by atoms with Crippen molar-refractivity contribution >= 4 is 115 Å². The normalized spacial score (nSPS) is 36.2. The molecule has 8 fully saturated rings. The minimum atomic E-state index is -3.45. The molecule has 40 nitrogen and oxygen atoms in total. The number of hydrogen-bond donors (Lipinski definition) is 16. The molecular formula is C96H124F4N24O16S4. The number of hydrogen-bond acceptors (Lipinski definition) is 40. The predicted molar refractivity (Wildman–Crippen MR) is 530 cm³/mol. The SMILES string of the molecule is [2H]C([2H])(C)C([2H])([2H])Sc1nc(N[C@]2([2H])C[C@@]2([2H])c2ccc(C)c(F)c2)c2nnn([C@@H]3C[C@H](OC([2H])([2H])C([2H])([2H])O)[C@@H](O)[C@H]3O)c2n1.[2H]C([2H])(C)C([2H])([2H])Sc1nc(N[C@]2([2H])C[C@@]2([2H])c2ccc(C)c(F)c2)c2nnn([C@@H]3C[C@H](OCCO)[C@@H](O)[C@H]3O)c2n1.[2H]C([2H])(CO)O[C@H]1C[C@@H](n2nnc3c(N[C@]4([2H])C[C@@]4([2H])c4ccc(C)c(F)c4)nc(SC([2H])([2H])C([2H])([2H])C)nc32)[C@H](O)[C@@H]1O.[2H]C([2H])(O)CO[C@H]1C[C@@H](n2nnc3c(N[C@]4([2H])C[C@@]4([2H])c4ccc(C)c(F)c4)nc(SC([2H])([2H])C([2H])([2H])C)nc32)[C@H](O)[C@@H]1O. The maximum atomic E-state index is 14.3. The van der Waals surface area contributed by atoms with Crippen LogP contribution >= 0.6 is 47.0 Å². The number of aliphatic hydroxyl groups excluding tert-OH is 10. The van der Waals surface area contributed by atoms with Gasteiger partial charge in [0, 0.05) is 124 Å². The number of rotatable bonds is 40. The van der Waals surface area contributed by atoms with Gasteiger partial charge in [0.2, 0.25) is 0 Å². The first kappa shape index (κ1) is 72.0. The van der Waals surface area contributed by atoms with E-state index >= 15 is 0 Å². The Morgan fingerprint density at radius 3 is 0.833 bits per heavy atom. The Kier molecular flexibility index (Phi) is 23.7. The van der Waals surface area contributed by atoms with Gasteiger partial charge in [0.15, 0.2) is 88.6 Å². The molecule has 0 saturated heterocycles. The average molecular weight is 2110 g/mol. The molecule has 24 atom stereocenters. The number of nitrogens with one attached hydrogen (secondary N) is 4. The molecule has 8 heterocycles. The molecule has 8 saturated carbocycles. The van der Waals surface area contributed by atoms with Crippen LogP contribution in [0.15, 0.2) is 93.4 Å². The molecule has 12 aromatic rings. The van der Waals surface area contributed by atoms with Crippen molar-refractivity contribution in [3.63, 3.8) is 0 Å². The number of aromatic nitrogens is 20. The third kappa shape index (κ3) is 23.8. The zero-order valence-corrected chi connectivity index (χ0v) is 81.0. The van der Waals surface area contributed by atoms with Crippen molar-refractivity contribution in [1.29, 1.82) is 0 Å². The standard InChI is InChI=1S/4C24H31FN6O4S/c4*1-3-8-36-24-27-22(26-16-10-14(16)13-5-4-12(2)15(25)9-13)19-23(28-24)31(30-29-19)17-11-18(35-7-6-32)21(34)20(17)33/h4*4-5,9,14,16-18,20-21,32-34H,3,6-8,10-11H2,1-2H3,(H,26,27,28)/t4*14-,16+,17+,18-,20-,21+/m0000/s1/i3D2,6D2,7D2,8D2,14D,16D;3D2,7D2,8D2,14D,16D;3D2,6D2,8D2,14D,16D;3D2,8D2,14D,16D. The molecule has 0 radical (unpaired) electrons. The Hall–Kier alpha value is -9.52. The number of aryl methyl sites for hydroxylation is 4. The second-order valence-corrected chi connectivity index (χ2v) is 37.2. The molecule has 0 unspecified atom stereocenters. The van der Waals surface area contributed by atoms with Gasteiger partial charge in [-0.3, -0.25) is 0 Å². The lowest BCUT2D eigenvalue weighted by atomic mass is 10.1. The van der Waals surface area contributed by atoms with E-state index in [1.807, 2.05) is 0 Å². The van der Waals surface area contributed by atoms with E-state index in [4.69, 9.17) is 67.9 Å². The third-order valence-electron chi connectivity index (χ3n) is 24.7.